The number of aryl methyl sites for hydroxylation is 2. The minimum Gasteiger partial charge on any atom is -0.383 e. The zero-order valence-electron chi connectivity index (χ0n) is 19.7. The van der Waals surface area contributed by atoms with Gasteiger partial charge in [0.25, 0.3) is 11.5 Å². The second-order valence-electron chi connectivity index (χ2n) is 7.82. The lowest BCUT2D eigenvalue weighted by Crippen LogP contribution is -2.42. The molecular weight excluding hydrogens is 460 g/mol. The summed E-state index contributed by atoms with van der Waals surface area (Å²) in [5.41, 5.74) is 6.51. The number of aromatic amines is 1. The van der Waals surface area contributed by atoms with E-state index in [1.807, 2.05) is 33.8 Å². The van der Waals surface area contributed by atoms with Gasteiger partial charge < -0.3 is 16.5 Å². The van der Waals surface area contributed by atoms with Gasteiger partial charge in [-0.05, 0) is 32.8 Å². The number of H-pyrrole nitrogens is 1. The molecule has 0 aromatic carbocycles. The number of unbranched alkanes of at least 4 members (excludes halogenated alkanes) is 1. The fourth-order valence-electron chi connectivity index (χ4n) is 3.51. The van der Waals surface area contributed by atoms with Crippen LogP contribution in [0.15, 0.2) is 20.8 Å². The summed E-state index contributed by atoms with van der Waals surface area (Å²) >= 11 is 1.08. The largest absolute Gasteiger partial charge is 0.383 e. The summed E-state index contributed by atoms with van der Waals surface area (Å²) in [6.07, 6.45) is 2.09. The molecule has 0 unspecified atom stereocenters. The maximum atomic E-state index is 13.2. The van der Waals surface area contributed by atoms with Crippen molar-refractivity contribution in [2.24, 2.45) is 0 Å². The Balaban J connectivity index is 1.87. The topological polar surface area (TPSA) is 176 Å². The van der Waals surface area contributed by atoms with Crippen LogP contribution in [0.25, 0.3) is 5.95 Å². The zero-order chi connectivity index (χ0) is 25.0. The third-order valence-corrected chi connectivity index (χ3v) is 6.07. The molecule has 14 heteroatoms. The maximum absolute atomic E-state index is 13.2. The van der Waals surface area contributed by atoms with E-state index in [2.05, 4.69) is 20.3 Å². The number of rotatable bonds is 10. The number of hydrogen-bond acceptors (Lipinski definition) is 9. The van der Waals surface area contributed by atoms with E-state index in [0.29, 0.717) is 30.5 Å². The summed E-state index contributed by atoms with van der Waals surface area (Å²) in [5.74, 6) is 6.01. The summed E-state index contributed by atoms with van der Waals surface area (Å²) < 4.78 is 4.10. The Morgan fingerprint density at radius 1 is 1.21 bits per heavy atom. The van der Waals surface area contributed by atoms with Crippen molar-refractivity contribution in [1.82, 2.24) is 34.2 Å². The van der Waals surface area contributed by atoms with Crippen LogP contribution in [-0.2, 0) is 11.3 Å². The average molecular weight is 491 g/mol. The second kappa shape index (κ2) is 10.6. The van der Waals surface area contributed by atoms with Gasteiger partial charge in [-0.25, -0.2) is 14.2 Å². The Morgan fingerprint density at radius 2 is 1.94 bits per heavy atom. The molecule has 0 bridgehead atoms. The number of nitrogen functional groups attached to an aromatic ring is 2. The highest BCUT2D eigenvalue weighted by atomic mass is 32.2. The van der Waals surface area contributed by atoms with Gasteiger partial charge in [0.2, 0.25) is 11.1 Å². The first-order valence-electron chi connectivity index (χ1n) is 11.0. The molecule has 0 aliphatic heterocycles. The van der Waals surface area contributed by atoms with Gasteiger partial charge in [0.1, 0.15) is 5.82 Å². The van der Waals surface area contributed by atoms with Crippen LogP contribution in [0.1, 0.15) is 44.5 Å². The molecule has 184 valence electrons. The SMILES string of the molecule is CCCCN(C(=O)CSc1nnc(-n2nc(C)cc2C)n1N)c1c(N)n(CCC)c(=O)[nH]c1=O. The van der Waals surface area contributed by atoms with E-state index < -0.39 is 11.2 Å². The number of nitrogens with zero attached hydrogens (tertiary/aromatic N) is 7. The van der Waals surface area contributed by atoms with Crippen LogP contribution >= 0.6 is 11.8 Å². The lowest BCUT2D eigenvalue weighted by molar-refractivity contribution is -0.116. The molecule has 5 N–H and O–H groups in total. The van der Waals surface area contributed by atoms with Crippen LogP contribution in [0.4, 0.5) is 11.5 Å². The van der Waals surface area contributed by atoms with Crippen molar-refractivity contribution < 1.29 is 4.79 Å². The van der Waals surface area contributed by atoms with Crippen LogP contribution < -0.4 is 27.7 Å². The third-order valence-electron chi connectivity index (χ3n) is 5.14. The molecule has 3 aromatic heterocycles. The lowest BCUT2D eigenvalue weighted by Gasteiger charge is -2.24. The number of amides is 1. The van der Waals surface area contributed by atoms with E-state index in [1.54, 1.807) is 4.68 Å². The van der Waals surface area contributed by atoms with E-state index in [0.717, 1.165) is 29.6 Å². The highest BCUT2D eigenvalue weighted by Crippen LogP contribution is 2.22. The fraction of sp³-hybridized carbons (Fsp3) is 0.500. The third kappa shape index (κ3) is 5.00. The van der Waals surface area contributed by atoms with Crippen LogP contribution in [-0.4, -0.2) is 52.4 Å². The smallest absolute Gasteiger partial charge is 0.330 e. The van der Waals surface area contributed by atoms with E-state index in [1.165, 1.54) is 14.1 Å². The number of anilines is 2. The minimum absolute atomic E-state index is 0.0235. The maximum Gasteiger partial charge on any atom is 0.330 e. The molecule has 1 amide bonds. The Kier molecular flexibility index (Phi) is 7.81. The number of nitrogens with two attached hydrogens (primary N) is 2. The molecule has 3 heterocycles. The van der Waals surface area contributed by atoms with Crippen molar-refractivity contribution in [2.45, 2.75) is 58.7 Å². The predicted octanol–water partition coefficient (Wildman–Crippen LogP) is 0.562. The first-order chi connectivity index (χ1) is 16.2. The molecule has 34 heavy (non-hydrogen) atoms. The van der Waals surface area contributed by atoms with Gasteiger partial charge in [0.15, 0.2) is 5.69 Å². The normalized spacial score (nSPS) is 11.2. The molecule has 3 aromatic rings. The average Bonchev–Trinajstić information content (AvgIpc) is 3.31. The molecule has 0 atom stereocenters. The fourth-order valence-corrected chi connectivity index (χ4v) is 4.24. The number of carbonyl (C=O) groups is 1. The van der Waals surface area contributed by atoms with Crippen LogP contribution in [0.2, 0.25) is 0 Å². The molecule has 0 saturated carbocycles. The molecular formula is C20H30N10O3S. The van der Waals surface area contributed by atoms with Crippen molar-refractivity contribution in [1.29, 1.82) is 0 Å². The molecule has 0 saturated heterocycles. The summed E-state index contributed by atoms with van der Waals surface area (Å²) in [6, 6.07) is 1.89. The van der Waals surface area contributed by atoms with Crippen molar-refractivity contribution in [3.8, 4) is 5.95 Å². The first kappa shape index (κ1) is 25.1. The van der Waals surface area contributed by atoms with Crippen molar-refractivity contribution in [3.05, 3.63) is 38.3 Å². The predicted molar refractivity (Wildman–Crippen MR) is 131 cm³/mol. The summed E-state index contributed by atoms with van der Waals surface area (Å²) in [4.78, 5) is 41.6. The summed E-state index contributed by atoms with van der Waals surface area (Å²) in [5, 5.41) is 12.8. The molecule has 0 spiro atoms. The van der Waals surface area contributed by atoms with Gasteiger partial charge in [-0.1, -0.05) is 32.0 Å². The summed E-state index contributed by atoms with van der Waals surface area (Å²) in [7, 11) is 0. The molecule has 0 fully saturated rings. The quantitative estimate of drug-likeness (QED) is 0.271. The Morgan fingerprint density at radius 3 is 2.56 bits per heavy atom. The highest BCUT2D eigenvalue weighted by Gasteiger charge is 2.25. The molecule has 0 aliphatic carbocycles. The number of thioether (sulfide) groups is 1. The number of carbonyl (C=O) groups excluding carboxylic acids is 1. The van der Waals surface area contributed by atoms with Crippen LogP contribution in [0.5, 0.6) is 0 Å². The van der Waals surface area contributed by atoms with E-state index in [9.17, 15) is 14.4 Å². The van der Waals surface area contributed by atoms with Gasteiger partial charge in [-0.3, -0.25) is 19.1 Å². The van der Waals surface area contributed by atoms with Crippen LogP contribution in [0, 0.1) is 13.8 Å². The van der Waals surface area contributed by atoms with Crippen molar-refractivity contribution in [2.75, 3.05) is 28.8 Å². The van der Waals surface area contributed by atoms with Gasteiger partial charge in [0.05, 0.1) is 11.4 Å². The Labute approximate surface area is 200 Å². The second-order valence-corrected chi connectivity index (χ2v) is 8.77. The minimum atomic E-state index is -0.696. The van der Waals surface area contributed by atoms with Gasteiger partial charge >= 0.3 is 5.69 Å². The number of hydrogen-bond donors (Lipinski definition) is 3. The first-order valence-corrected chi connectivity index (χ1v) is 12.0. The van der Waals surface area contributed by atoms with E-state index in [-0.39, 0.29) is 29.7 Å². The monoisotopic (exact) mass is 490 g/mol. The highest BCUT2D eigenvalue weighted by molar-refractivity contribution is 7.99. The van der Waals surface area contributed by atoms with E-state index >= 15 is 0 Å². The van der Waals surface area contributed by atoms with Crippen molar-refractivity contribution in [3.63, 3.8) is 0 Å². The van der Waals surface area contributed by atoms with Crippen molar-refractivity contribution >= 4 is 29.2 Å². The Bertz CT molecular complexity index is 1290. The molecule has 0 radical (unpaired) electrons. The van der Waals surface area contributed by atoms with Gasteiger partial charge in [-0.2, -0.15) is 5.10 Å². The number of aromatic nitrogens is 7. The van der Waals surface area contributed by atoms with Crippen LogP contribution in [0.3, 0.4) is 0 Å². The van der Waals surface area contributed by atoms with Gasteiger partial charge in [-0.15, -0.1) is 10.2 Å². The molecule has 0 aliphatic rings. The molecule has 3 rings (SSSR count). The summed E-state index contributed by atoms with van der Waals surface area (Å²) in [6.45, 7) is 8.19. The molecule has 13 nitrogen and oxygen atoms in total. The standard InChI is InChI=1S/C20H30N10O3S/c1-5-7-9-27(15-16(21)28(8-6-2)19(33)23-17(15)32)14(31)11-34-20-25-24-18(29(20)22)30-13(4)10-12(3)26-30/h10H,5-9,11,21-22H2,1-4H3,(H,23,32,33). The number of nitrogens with one attached hydrogen (secondary N) is 1. The Hall–Kier alpha value is -3.55. The van der Waals surface area contributed by atoms with Gasteiger partial charge in [0, 0.05) is 18.8 Å². The lowest BCUT2D eigenvalue weighted by atomic mass is 10.2. The zero-order valence-corrected chi connectivity index (χ0v) is 20.6. The van der Waals surface area contributed by atoms with E-state index in [4.69, 9.17) is 11.6 Å².